The van der Waals surface area contributed by atoms with Crippen molar-refractivity contribution in [2.75, 3.05) is 11.6 Å². The first-order valence-corrected chi connectivity index (χ1v) is 6.45. The fraction of sp³-hybridized carbons (Fsp3) is 0.455. The molecule has 0 fully saturated rings. The topological polar surface area (TPSA) is 13.1 Å². The van der Waals surface area contributed by atoms with Crippen LogP contribution in [0.4, 0.5) is 0 Å². The largest absolute Gasteiger partial charge is 0.457 e. The van der Waals surface area contributed by atoms with Crippen LogP contribution in [0.5, 0.6) is 0 Å². The molecule has 14 heavy (non-hydrogen) atoms. The minimum absolute atomic E-state index is 0.759. The van der Waals surface area contributed by atoms with Crippen LogP contribution in [0.25, 0.3) is 11.2 Å². The number of hydrogen-bond acceptors (Lipinski definition) is 2. The molecule has 0 spiro atoms. The lowest BCUT2D eigenvalue weighted by atomic mass is 10.2. The third kappa shape index (κ3) is 2.01. The minimum Gasteiger partial charge on any atom is -0.457 e. The molecule has 3 heteroatoms. The summed E-state index contributed by atoms with van der Waals surface area (Å²) in [6.45, 7) is 2.10. The van der Waals surface area contributed by atoms with E-state index in [9.17, 15) is 0 Å². The number of alkyl halides is 1. The number of hydrogen-bond donors (Lipinski definition) is 0. The van der Waals surface area contributed by atoms with Gasteiger partial charge in [-0.15, -0.1) is 11.6 Å². The van der Waals surface area contributed by atoms with Crippen LogP contribution in [0.3, 0.4) is 0 Å². The third-order valence-corrected chi connectivity index (χ3v) is 3.58. The fourth-order valence-corrected chi connectivity index (χ4v) is 2.80. The maximum absolute atomic E-state index is 5.61. The molecule has 0 saturated carbocycles. The smallest absolute Gasteiger partial charge is 0.134 e. The summed E-state index contributed by atoms with van der Waals surface area (Å²) in [7, 11) is 0. The average molecular weight is 229 g/mol. The van der Waals surface area contributed by atoms with Crippen molar-refractivity contribution in [3.63, 3.8) is 0 Å². The van der Waals surface area contributed by atoms with E-state index in [1.54, 1.807) is 0 Å². The Morgan fingerprint density at radius 2 is 2.29 bits per heavy atom. The molecule has 0 atom stereocenters. The highest BCUT2D eigenvalue weighted by Crippen LogP contribution is 2.29. The first-order valence-electron chi connectivity index (χ1n) is 4.76. The van der Waals surface area contributed by atoms with Crippen molar-refractivity contribution >= 4 is 34.5 Å². The summed E-state index contributed by atoms with van der Waals surface area (Å²) >= 11 is 7.53. The molecule has 1 nitrogen and oxygen atoms in total. The summed E-state index contributed by atoms with van der Waals surface area (Å²) in [6.07, 6.45) is 1.08. The van der Waals surface area contributed by atoms with Crippen LogP contribution in [-0.4, -0.2) is 11.6 Å². The van der Waals surface area contributed by atoms with Gasteiger partial charge in [-0.2, -0.15) is 11.8 Å². The van der Waals surface area contributed by atoms with Gasteiger partial charge in [0.05, 0.1) is 0 Å². The van der Waals surface area contributed by atoms with Crippen molar-refractivity contribution in [1.82, 2.24) is 0 Å². The van der Waals surface area contributed by atoms with Crippen LogP contribution in [0.1, 0.15) is 17.5 Å². The lowest BCUT2D eigenvalue weighted by molar-refractivity contribution is 0.672. The van der Waals surface area contributed by atoms with Crippen LogP contribution in [-0.2, 0) is 5.75 Å². The van der Waals surface area contributed by atoms with Gasteiger partial charge in [-0.25, -0.2) is 0 Å². The van der Waals surface area contributed by atoms with Crippen LogP contribution in [0.15, 0.2) is 16.5 Å². The lowest BCUT2D eigenvalue weighted by Crippen LogP contribution is -1.84. The number of benzene rings is 1. The van der Waals surface area contributed by atoms with Gasteiger partial charge in [-0.3, -0.25) is 0 Å². The minimum atomic E-state index is 0.759. The Morgan fingerprint density at radius 3 is 2.93 bits per heavy atom. The van der Waals surface area contributed by atoms with E-state index in [1.807, 2.05) is 11.8 Å². The van der Waals surface area contributed by atoms with E-state index in [0.29, 0.717) is 0 Å². The van der Waals surface area contributed by atoms with Gasteiger partial charge in [0.1, 0.15) is 11.2 Å². The van der Waals surface area contributed by atoms with Crippen LogP contribution < -0.4 is 0 Å². The Balaban J connectivity index is 1.94. The first-order chi connectivity index (χ1) is 6.81. The van der Waals surface area contributed by atoms with E-state index >= 15 is 0 Å². The summed E-state index contributed by atoms with van der Waals surface area (Å²) in [5, 5.41) is 0. The normalized spacial score (nSPS) is 11.6. The van der Waals surface area contributed by atoms with Gasteiger partial charge in [0, 0.05) is 17.2 Å². The zero-order valence-corrected chi connectivity index (χ0v) is 9.75. The van der Waals surface area contributed by atoms with Gasteiger partial charge in [-0.05, 0) is 36.8 Å². The molecule has 2 rings (SSSR count). The highest BCUT2D eigenvalue weighted by Gasteiger charge is 2.10. The molecular weight excluding hydrogens is 216 g/mol. The van der Waals surface area contributed by atoms with Crippen LogP contribution in [0, 0.1) is 6.92 Å². The molecule has 0 radical (unpaired) electrons. The predicted molar refractivity (Wildman–Crippen MR) is 63.6 cm³/mol. The molecule has 2 aromatic rings. The molecule has 0 N–H and O–H groups in total. The fourth-order valence-electron chi connectivity index (χ4n) is 1.58. The SMILES string of the molecule is Cc1cc2cc(CSCCCCl)c1o2. The summed E-state index contributed by atoms with van der Waals surface area (Å²) in [4.78, 5) is 0. The molecular formula is C11H13ClOS. The van der Waals surface area contributed by atoms with E-state index in [2.05, 4.69) is 19.1 Å². The monoisotopic (exact) mass is 228 g/mol. The Hall–Kier alpha value is -0.340. The average Bonchev–Trinajstić information content (AvgIpc) is 2.70. The molecule has 0 saturated heterocycles. The molecule has 0 aliphatic rings. The highest BCUT2D eigenvalue weighted by molar-refractivity contribution is 7.98. The van der Waals surface area contributed by atoms with Crippen molar-refractivity contribution in [2.45, 2.75) is 19.1 Å². The van der Waals surface area contributed by atoms with Crippen molar-refractivity contribution in [2.24, 2.45) is 0 Å². The molecule has 0 aliphatic carbocycles. The van der Waals surface area contributed by atoms with Gasteiger partial charge in [-0.1, -0.05) is 0 Å². The maximum atomic E-state index is 5.61. The van der Waals surface area contributed by atoms with Crippen LogP contribution >= 0.6 is 23.4 Å². The molecule has 2 bridgehead atoms. The highest BCUT2D eigenvalue weighted by atomic mass is 35.5. The quantitative estimate of drug-likeness (QED) is 0.566. The second kappa shape index (κ2) is 4.45. The van der Waals surface area contributed by atoms with E-state index in [4.69, 9.17) is 16.0 Å². The second-order valence-electron chi connectivity index (χ2n) is 3.43. The third-order valence-electron chi connectivity index (χ3n) is 2.22. The summed E-state index contributed by atoms with van der Waals surface area (Å²) < 4.78 is 5.56. The van der Waals surface area contributed by atoms with E-state index < -0.39 is 0 Å². The van der Waals surface area contributed by atoms with Gasteiger partial charge in [0.2, 0.25) is 0 Å². The molecule has 0 unspecified atom stereocenters. The number of rotatable bonds is 5. The maximum Gasteiger partial charge on any atom is 0.134 e. The number of fused-ring (bicyclic) bond motifs is 2. The number of thioether (sulfide) groups is 1. The zero-order chi connectivity index (χ0) is 9.97. The number of halogens is 1. The summed E-state index contributed by atoms with van der Waals surface area (Å²) in [5.74, 6) is 2.93. The Morgan fingerprint density at radius 1 is 1.43 bits per heavy atom. The van der Waals surface area contributed by atoms with E-state index in [0.717, 1.165) is 35.0 Å². The lowest BCUT2D eigenvalue weighted by Gasteiger charge is -1.98. The number of furan rings is 2. The van der Waals surface area contributed by atoms with E-state index in [-0.39, 0.29) is 0 Å². The van der Waals surface area contributed by atoms with E-state index in [1.165, 1.54) is 11.1 Å². The zero-order valence-electron chi connectivity index (χ0n) is 8.18. The first kappa shape index (κ1) is 10.2. The van der Waals surface area contributed by atoms with Gasteiger partial charge in [0.15, 0.2) is 0 Å². The van der Waals surface area contributed by atoms with Crippen molar-refractivity contribution in [3.8, 4) is 0 Å². The van der Waals surface area contributed by atoms with Crippen LogP contribution in [0.2, 0.25) is 0 Å². The Kier molecular flexibility index (Phi) is 3.24. The predicted octanol–water partition coefficient (Wildman–Crippen LogP) is 4.04. The summed E-state index contributed by atoms with van der Waals surface area (Å²) in [5.41, 5.74) is 4.68. The standard InChI is InChI=1S/C11H13ClOS/c1-8-5-10-6-9(11(8)13-10)7-14-4-2-3-12/h5-6H,2-4,7H2,1H3. The number of aryl methyl sites for hydroxylation is 1. The molecule has 76 valence electrons. The summed E-state index contributed by atoms with van der Waals surface area (Å²) in [6, 6.07) is 4.22. The van der Waals surface area contributed by atoms with Crippen molar-refractivity contribution < 1.29 is 4.42 Å². The molecule has 2 heterocycles. The Labute approximate surface area is 93.1 Å². The van der Waals surface area contributed by atoms with Gasteiger partial charge < -0.3 is 4.42 Å². The molecule has 0 amide bonds. The van der Waals surface area contributed by atoms with Crippen molar-refractivity contribution in [1.29, 1.82) is 0 Å². The molecule has 0 aliphatic heterocycles. The second-order valence-corrected chi connectivity index (χ2v) is 4.91. The molecule has 0 aromatic carbocycles. The van der Waals surface area contributed by atoms with Gasteiger partial charge in [0.25, 0.3) is 0 Å². The van der Waals surface area contributed by atoms with Gasteiger partial charge >= 0.3 is 0 Å². The molecule has 2 aromatic heterocycles. The Bertz CT molecular complexity index is 396. The van der Waals surface area contributed by atoms with Crippen molar-refractivity contribution in [3.05, 3.63) is 23.3 Å².